The Bertz CT molecular complexity index is 398. The van der Waals surface area contributed by atoms with Gasteiger partial charge in [-0.3, -0.25) is 0 Å². The first-order chi connectivity index (χ1) is 8.17. The van der Waals surface area contributed by atoms with Crippen molar-refractivity contribution in [3.63, 3.8) is 0 Å². The maximum atomic E-state index is 11.2. The van der Waals surface area contributed by atoms with Crippen LogP contribution in [-0.4, -0.2) is 24.3 Å². The van der Waals surface area contributed by atoms with E-state index >= 15 is 0 Å². The molecule has 0 saturated carbocycles. The first kappa shape index (κ1) is 13.3. The fourth-order valence-corrected chi connectivity index (χ4v) is 1.20. The van der Waals surface area contributed by atoms with Crippen molar-refractivity contribution in [3.8, 4) is 5.75 Å². The van der Waals surface area contributed by atoms with E-state index < -0.39 is 5.97 Å². The standard InChI is InChI=1S/C13H16O4/c1-3-16-13(15)10(2)9-17-12-6-4-5-11(7-12)8-14/h4-7,14H,2-3,8-9H2,1H3. The number of hydrogen-bond donors (Lipinski definition) is 1. The third-order valence-corrected chi connectivity index (χ3v) is 2.06. The predicted octanol–water partition coefficient (Wildman–Crippen LogP) is 1.68. The van der Waals surface area contributed by atoms with Gasteiger partial charge in [0, 0.05) is 0 Å². The Morgan fingerprint density at radius 1 is 1.47 bits per heavy atom. The SMILES string of the molecule is C=C(COc1cccc(CO)c1)C(=O)OCC. The Hall–Kier alpha value is -1.81. The smallest absolute Gasteiger partial charge is 0.336 e. The van der Waals surface area contributed by atoms with Crippen LogP contribution in [0.5, 0.6) is 5.75 Å². The van der Waals surface area contributed by atoms with Gasteiger partial charge in [0.05, 0.1) is 18.8 Å². The van der Waals surface area contributed by atoms with Crippen molar-refractivity contribution >= 4 is 5.97 Å². The Kier molecular flexibility index (Phi) is 5.23. The molecule has 1 aromatic carbocycles. The number of aliphatic hydroxyl groups is 1. The van der Waals surface area contributed by atoms with Crippen molar-refractivity contribution in [2.45, 2.75) is 13.5 Å². The molecule has 4 nitrogen and oxygen atoms in total. The predicted molar refractivity (Wildman–Crippen MR) is 63.6 cm³/mol. The van der Waals surface area contributed by atoms with Crippen molar-refractivity contribution < 1.29 is 19.4 Å². The zero-order chi connectivity index (χ0) is 12.7. The number of hydrogen-bond acceptors (Lipinski definition) is 4. The summed E-state index contributed by atoms with van der Waals surface area (Å²) >= 11 is 0. The zero-order valence-corrected chi connectivity index (χ0v) is 9.81. The van der Waals surface area contributed by atoms with Crippen molar-refractivity contribution in [3.05, 3.63) is 42.0 Å². The van der Waals surface area contributed by atoms with Gasteiger partial charge >= 0.3 is 5.97 Å². The summed E-state index contributed by atoms with van der Waals surface area (Å²) in [5.41, 5.74) is 1.02. The molecule has 0 bridgehead atoms. The first-order valence-electron chi connectivity index (χ1n) is 5.35. The van der Waals surface area contributed by atoms with Gasteiger partial charge in [-0.25, -0.2) is 4.79 Å². The monoisotopic (exact) mass is 236 g/mol. The van der Waals surface area contributed by atoms with E-state index in [4.69, 9.17) is 14.6 Å². The summed E-state index contributed by atoms with van der Waals surface area (Å²) < 4.78 is 10.1. The molecule has 0 aliphatic rings. The molecule has 0 aliphatic heterocycles. The van der Waals surface area contributed by atoms with E-state index in [1.165, 1.54) is 0 Å². The summed E-state index contributed by atoms with van der Waals surface area (Å²) in [6.45, 7) is 5.66. The van der Waals surface area contributed by atoms with E-state index in [1.807, 2.05) is 0 Å². The summed E-state index contributed by atoms with van der Waals surface area (Å²) in [4.78, 5) is 11.2. The summed E-state index contributed by atoms with van der Waals surface area (Å²) in [7, 11) is 0. The molecule has 0 unspecified atom stereocenters. The summed E-state index contributed by atoms with van der Waals surface area (Å²) in [6.07, 6.45) is 0. The molecule has 1 aromatic rings. The van der Waals surface area contributed by atoms with Crippen LogP contribution in [0, 0.1) is 0 Å². The molecule has 17 heavy (non-hydrogen) atoms. The normalized spacial score (nSPS) is 9.76. The van der Waals surface area contributed by atoms with E-state index in [-0.39, 0.29) is 18.8 Å². The second kappa shape index (κ2) is 6.70. The number of carbonyl (C=O) groups is 1. The minimum absolute atomic E-state index is 0.0456. The summed E-state index contributed by atoms with van der Waals surface area (Å²) in [5, 5.41) is 8.95. The van der Waals surface area contributed by atoms with Gasteiger partial charge in [0.1, 0.15) is 12.4 Å². The number of aliphatic hydroxyl groups excluding tert-OH is 1. The van der Waals surface area contributed by atoms with Crippen molar-refractivity contribution in [1.82, 2.24) is 0 Å². The zero-order valence-electron chi connectivity index (χ0n) is 9.81. The molecule has 1 N–H and O–H groups in total. The van der Waals surface area contributed by atoms with Crippen LogP contribution in [0.3, 0.4) is 0 Å². The van der Waals surface area contributed by atoms with Crippen LogP contribution in [0.25, 0.3) is 0 Å². The molecule has 0 atom stereocenters. The fraction of sp³-hybridized carbons (Fsp3) is 0.308. The van der Waals surface area contributed by atoms with Crippen molar-refractivity contribution in [2.24, 2.45) is 0 Å². The highest BCUT2D eigenvalue weighted by Gasteiger charge is 2.08. The highest BCUT2D eigenvalue weighted by molar-refractivity contribution is 5.88. The van der Waals surface area contributed by atoms with Gasteiger partial charge < -0.3 is 14.6 Å². The van der Waals surface area contributed by atoms with Gasteiger partial charge in [-0.1, -0.05) is 18.7 Å². The summed E-state index contributed by atoms with van der Waals surface area (Å²) in [5.74, 6) is 0.132. The average Bonchev–Trinajstić information content (AvgIpc) is 2.36. The van der Waals surface area contributed by atoms with Crippen LogP contribution in [0.15, 0.2) is 36.4 Å². The van der Waals surface area contributed by atoms with Crippen LogP contribution in [0.4, 0.5) is 0 Å². The minimum Gasteiger partial charge on any atom is -0.489 e. The number of esters is 1. The van der Waals surface area contributed by atoms with E-state index in [1.54, 1.807) is 31.2 Å². The molecule has 0 spiro atoms. The van der Waals surface area contributed by atoms with Gasteiger partial charge in [-0.05, 0) is 24.6 Å². The Labute approximate surface area is 100 Å². The van der Waals surface area contributed by atoms with Crippen LogP contribution >= 0.6 is 0 Å². The largest absolute Gasteiger partial charge is 0.489 e. The number of ether oxygens (including phenoxy) is 2. The molecule has 1 rings (SSSR count). The lowest BCUT2D eigenvalue weighted by Crippen LogP contribution is -2.13. The van der Waals surface area contributed by atoms with Gasteiger partial charge in [0.25, 0.3) is 0 Å². The average molecular weight is 236 g/mol. The van der Waals surface area contributed by atoms with Crippen LogP contribution < -0.4 is 4.74 Å². The van der Waals surface area contributed by atoms with Crippen LogP contribution in [-0.2, 0) is 16.1 Å². The molecule has 0 heterocycles. The maximum Gasteiger partial charge on any atom is 0.336 e. The van der Waals surface area contributed by atoms with Gasteiger partial charge in [0.15, 0.2) is 0 Å². The number of benzene rings is 1. The van der Waals surface area contributed by atoms with Gasteiger partial charge in [-0.15, -0.1) is 0 Å². The molecule has 92 valence electrons. The molecule has 0 radical (unpaired) electrons. The second-order valence-electron chi connectivity index (χ2n) is 3.42. The quantitative estimate of drug-likeness (QED) is 0.603. The lowest BCUT2D eigenvalue weighted by atomic mass is 10.2. The van der Waals surface area contributed by atoms with E-state index in [0.717, 1.165) is 5.56 Å². The third kappa shape index (κ3) is 4.28. The maximum absolute atomic E-state index is 11.2. The molecular weight excluding hydrogens is 220 g/mol. The van der Waals surface area contributed by atoms with Crippen molar-refractivity contribution in [1.29, 1.82) is 0 Å². The van der Waals surface area contributed by atoms with Crippen molar-refractivity contribution in [2.75, 3.05) is 13.2 Å². The lowest BCUT2D eigenvalue weighted by Gasteiger charge is -2.08. The second-order valence-corrected chi connectivity index (χ2v) is 3.42. The van der Waals surface area contributed by atoms with E-state index in [0.29, 0.717) is 12.4 Å². The molecule has 0 aliphatic carbocycles. The number of rotatable bonds is 6. The van der Waals surface area contributed by atoms with Crippen LogP contribution in [0.2, 0.25) is 0 Å². The van der Waals surface area contributed by atoms with Gasteiger partial charge in [0.2, 0.25) is 0 Å². The van der Waals surface area contributed by atoms with Crippen LogP contribution in [0.1, 0.15) is 12.5 Å². The molecule has 4 heteroatoms. The Morgan fingerprint density at radius 3 is 2.88 bits per heavy atom. The first-order valence-corrected chi connectivity index (χ1v) is 5.35. The summed E-state index contributed by atoms with van der Waals surface area (Å²) in [6, 6.07) is 7.01. The topological polar surface area (TPSA) is 55.8 Å². The van der Waals surface area contributed by atoms with Gasteiger partial charge in [-0.2, -0.15) is 0 Å². The fourth-order valence-electron chi connectivity index (χ4n) is 1.20. The minimum atomic E-state index is -0.453. The third-order valence-electron chi connectivity index (χ3n) is 2.06. The Morgan fingerprint density at radius 2 is 2.24 bits per heavy atom. The molecule has 0 aromatic heterocycles. The molecule has 0 fully saturated rings. The van der Waals surface area contributed by atoms with E-state index in [2.05, 4.69) is 6.58 Å². The van der Waals surface area contributed by atoms with E-state index in [9.17, 15) is 4.79 Å². The highest BCUT2D eigenvalue weighted by atomic mass is 16.5. The highest BCUT2D eigenvalue weighted by Crippen LogP contribution is 2.14. The molecule has 0 amide bonds. The molecular formula is C13H16O4. The molecule has 0 saturated heterocycles. The Balaban J connectivity index is 2.49. The number of carbonyl (C=O) groups excluding carboxylic acids is 1. The lowest BCUT2D eigenvalue weighted by molar-refractivity contribution is -0.138.